The molecule has 26 heavy (non-hydrogen) atoms. The molecule has 3 rings (SSSR count). The van der Waals surface area contributed by atoms with E-state index < -0.39 is 0 Å². The van der Waals surface area contributed by atoms with Crippen LogP contribution in [0, 0.1) is 11.8 Å². The first-order valence-corrected chi connectivity index (χ1v) is 9.16. The van der Waals surface area contributed by atoms with Crippen LogP contribution >= 0.6 is 0 Å². The molecule has 1 saturated heterocycles. The third-order valence-corrected chi connectivity index (χ3v) is 4.84. The van der Waals surface area contributed by atoms with Crippen molar-refractivity contribution in [3.63, 3.8) is 0 Å². The lowest BCUT2D eigenvalue weighted by atomic mass is 9.91. The van der Waals surface area contributed by atoms with E-state index in [0.29, 0.717) is 6.54 Å². The number of hydrogen-bond acceptors (Lipinski definition) is 5. The van der Waals surface area contributed by atoms with E-state index in [0.717, 1.165) is 37.0 Å². The van der Waals surface area contributed by atoms with Crippen LogP contribution in [0.5, 0.6) is 0 Å². The average molecular weight is 353 g/mol. The summed E-state index contributed by atoms with van der Waals surface area (Å²) in [5, 5.41) is 2.91. The zero-order chi connectivity index (χ0) is 18.5. The molecule has 2 atom stereocenters. The van der Waals surface area contributed by atoms with Crippen molar-refractivity contribution in [2.24, 2.45) is 11.8 Å². The molecule has 6 heteroatoms. The van der Waals surface area contributed by atoms with E-state index in [9.17, 15) is 4.79 Å². The summed E-state index contributed by atoms with van der Waals surface area (Å²) in [7, 11) is 0. The fourth-order valence-corrected chi connectivity index (χ4v) is 3.83. The molecule has 1 aromatic carbocycles. The predicted molar refractivity (Wildman–Crippen MR) is 102 cm³/mol. The Kier molecular flexibility index (Phi) is 5.83. The minimum atomic E-state index is -0.300. The van der Waals surface area contributed by atoms with E-state index in [1.165, 1.54) is 24.4 Å². The lowest BCUT2D eigenvalue weighted by Gasteiger charge is -2.35. The predicted octanol–water partition coefficient (Wildman–Crippen LogP) is 2.47. The largest absolute Gasteiger partial charge is 0.382 e. The standard InChI is InChI=1S/C20H27N5O/c1-14-9-15(2)12-25(11-14)13-17-6-4-3-5-16(17)10-24-20(26)18-19(21)23-8-7-22-18/h3-8,14-15H,9-13H2,1-2H3,(H2,21,23)(H,24,26). The van der Waals surface area contributed by atoms with Gasteiger partial charge in [0.25, 0.3) is 5.91 Å². The Hall–Kier alpha value is -2.47. The topological polar surface area (TPSA) is 84.1 Å². The lowest BCUT2D eigenvalue weighted by molar-refractivity contribution is 0.0946. The minimum Gasteiger partial charge on any atom is -0.382 e. The number of nitrogen functional groups attached to an aromatic ring is 1. The van der Waals surface area contributed by atoms with E-state index in [1.54, 1.807) is 0 Å². The summed E-state index contributed by atoms with van der Waals surface area (Å²) in [6.07, 6.45) is 4.24. The number of benzene rings is 1. The minimum absolute atomic E-state index is 0.148. The maximum Gasteiger partial charge on any atom is 0.273 e. The van der Waals surface area contributed by atoms with Gasteiger partial charge >= 0.3 is 0 Å². The van der Waals surface area contributed by atoms with Crippen molar-refractivity contribution in [3.05, 3.63) is 53.5 Å². The van der Waals surface area contributed by atoms with Crippen LogP contribution in [0.4, 0.5) is 5.82 Å². The number of nitrogens with two attached hydrogens (primary N) is 1. The molecule has 138 valence electrons. The van der Waals surface area contributed by atoms with Crippen molar-refractivity contribution < 1.29 is 4.79 Å². The summed E-state index contributed by atoms with van der Waals surface area (Å²) in [6.45, 7) is 8.25. The number of carbonyl (C=O) groups is 1. The number of amides is 1. The zero-order valence-electron chi connectivity index (χ0n) is 15.5. The van der Waals surface area contributed by atoms with Crippen LogP contribution in [-0.2, 0) is 13.1 Å². The van der Waals surface area contributed by atoms with Crippen LogP contribution in [0.15, 0.2) is 36.7 Å². The van der Waals surface area contributed by atoms with Gasteiger partial charge in [0.15, 0.2) is 11.5 Å². The maximum absolute atomic E-state index is 12.3. The molecule has 0 spiro atoms. The monoisotopic (exact) mass is 353 g/mol. The molecule has 0 saturated carbocycles. The quantitative estimate of drug-likeness (QED) is 0.863. The first kappa shape index (κ1) is 18.3. The first-order chi connectivity index (χ1) is 12.5. The van der Waals surface area contributed by atoms with Gasteiger partial charge in [0.1, 0.15) is 0 Å². The summed E-state index contributed by atoms with van der Waals surface area (Å²) in [5.74, 6) is 1.30. The Bertz CT molecular complexity index is 753. The fraction of sp³-hybridized carbons (Fsp3) is 0.450. The molecular weight excluding hydrogens is 326 g/mol. The van der Waals surface area contributed by atoms with Crippen LogP contribution in [0.2, 0.25) is 0 Å². The molecule has 2 heterocycles. The van der Waals surface area contributed by atoms with Gasteiger partial charge in [0.2, 0.25) is 0 Å². The zero-order valence-corrected chi connectivity index (χ0v) is 15.5. The number of nitrogens with zero attached hydrogens (tertiary/aromatic N) is 3. The number of carbonyl (C=O) groups excluding carboxylic acids is 1. The van der Waals surface area contributed by atoms with Crippen molar-refractivity contribution >= 4 is 11.7 Å². The Balaban J connectivity index is 1.66. The third-order valence-electron chi connectivity index (χ3n) is 4.84. The molecule has 0 aliphatic carbocycles. The van der Waals surface area contributed by atoms with E-state index in [1.807, 2.05) is 6.07 Å². The van der Waals surface area contributed by atoms with Crippen LogP contribution in [0.25, 0.3) is 0 Å². The number of nitrogens with one attached hydrogen (secondary N) is 1. The smallest absolute Gasteiger partial charge is 0.273 e. The van der Waals surface area contributed by atoms with Crippen molar-refractivity contribution in [1.82, 2.24) is 20.2 Å². The van der Waals surface area contributed by atoms with Gasteiger partial charge < -0.3 is 11.1 Å². The third kappa shape index (κ3) is 4.58. The summed E-state index contributed by atoms with van der Waals surface area (Å²) in [4.78, 5) is 22.8. The summed E-state index contributed by atoms with van der Waals surface area (Å²) >= 11 is 0. The number of piperidine rings is 1. The van der Waals surface area contributed by atoms with Gasteiger partial charge in [-0.25, -0.2) is 9.97 Å². The number of likely N-dealkylation sites (tertiary alicyclic amines) is 1. The molecule has 1 fully saturated rings. The van der Waals surface area contributed by atoms with Gasteiger partial charge in [-0.2, -0.15) is 0 Å². The first-order valence-electron chi connectivity index (χ1n) is 9.16. The molecule has 0 radical (unpaired) electrons. The molecule has 1 aliphatic rings. The Morgan fingerprint density at radius 2 is 1.81 bits per heavy atom. The SMILES string of the molecule is CC1CC(C)CN(Cc2ccccc2CNC(=O)c2nccnc2N)C1. The summed E-state index contributed by atoms with van der Waals surface area (Å²) < 4.78 is 0. The average Bonchev–Trinajstić information content (AvgIpc) is 2.60. The van der Waals surface area contributed by atoms with Crippen molar-refractivity contribution in [2.45, 2.75) is 33.4 Å². The summed E-state index contributed by atoms with van der Waals surface area (Å²) in [6, 6.07) is 8.26. The molecule has 2 unspecified atom stereocenters. The van der Waals surface area contributed by atoms with E-state index in [2.05, 4.69) is 52.2 Å². The Morgan fingerprint density at radius 1 is 1.15 bits per heavy atom. The van der Waals surface area contributed by atoms with E-state index >= 15 is 0 Å². The fourth-order valence-electron chi connectivity index (χ4n) is 3.83. The van der Waals surface area contributed by atoms with Crippen LogP contribution in [-0.4, -0.2) is 33.9 Å². The number of anilines is 1. The molecule has 2 aromatic rings. The highest BCUT2D eigenvalue weighted by molar-refractivity contribution is 5.96. The second-order valence-electron chi connectivity index (χ2n) is 7.38. The lowest BCUT2D eigenvalue weighted by Crippen LogP contribution is -2.38. The molecule has 1 aromatic heterocycles. The van der Waals surface area contributed by atoms with Gasteiger partial charge in [-0.05, 0) is 29.4 Å². The Morgan fingerprint density at radius 3 is 2.50 bits per heavy atom. The molecule has 1 aliphatic heterocycles. The molecule has 1 amide bonds. The Labute approximate surface area is 154 Å². The van der Waals surface area contributed by atoms with Crippen LogP contribution in [0.1, 0.15) is 41.9 Å². The molecular formula is C20H27N5O. The highest BCUT2D eigenvalue weighted by atomic mass is 16.1. The van der Waals surface area contributed by atoms with Gasteiger partial charge in [-0.1, -0.05) is 38.1 Å². The normalized spacial score (nSPS) is 20.7. The second-order valence-corrected chi connectivity index (χ2v) is 7.38. The van der Waals surface area contributed by atoms with Crippen LogP contribution < -0.4 is 11.1 Å². The highest BCUT2D eigenvalue weighted by Gasteiger charge is 2.22. The summed E-state index contributed by atoms with van der Waals surface area (Å²) in [5.41, 5.74) is 8.27. The van der Waals surface area contributed by atoms with Gasteiger partial charge in [0.05, 0.1) is 0 Å². The molecule has 6 nitrogen and oxygen atoms in total. The maximum atomic E-state index is 12.3. The molecule has 0 bridgehead atoms. The van der Waals surface area contributed by atoms with Gasteiger partial charge in [0, 0.05) is 38.6 Å². The number of aromatic nitrogens is 2. The number of hydrogen-bond donors (Lipinski definition) is 2. The van der Waals surface area contributed by atoms with Crippen molar-refractivity contribution in [1.29, 1.82) is 0 Å². The van der Waals surface area contributed by atoms with Gasteiger partial charge in [-0.15, -0.1) is 0 Å². The van der Waals surface area contributed by atoms with Crippen LogP contribution in [0.3, 0.4) is 0 Å². The van der Waals surface area contributed by atoms with Crippen molar-refractivity contribution in [3.8, 4) is 0 Å². The van der Waals surface area contributed by atoms with E-state index in [-0.39, 0.29) is 17.4 Å². The van der Waals surface area contributed by atoms with E-state index in [4.69, 9.17) is 5.73 Å². The van der Waals surface area contributed by atoms with Gasteiger partial charge in [-0.3, -0.25) is 9.69 Å². The highest BCUT2D eigenvalue weighted by Crippen LogP contribution is 2.23. The van der Waals surface area contributed by atoms with Crippen molar-refractivity contribution in [2.75, 3.05) is 18.8 Å². The number of rotatable bonds is 5. The second kappa shape index (κ2) is 8.27. The molecule has 3 N–H and O–H groups in total.